The molecule has 0 radical (unpaired) electrons. The van der Waals surface area contributed by atoms with Gasteiger partial charge in [0.2, 0.25) is 0 Å². The van der Waals surface area contributed by atoms with Crippen LogP contribution in [0, 0.1) is 10.8 Å². The predicted molar refractivity (Wildman–Crippen MR) is 58.8 cm³/mol. The quantitative estimate of drug-likeness (QED) is 0.695. The van der Waals surface area contributed by atoms with E-state index in [9.17, 15) is 5.11 Å². The lowest BCUT2D eigenvalue weighted by atomic mass is 9.67. The molecule has 0 fully saturated rings. The SMILES string of the molecule is CCC(C)(C)C(O)C(C)(CC)CC. The third-order valence-corrected chi connectivity index (χ3v) is 3.93. The summed E-state index contributed by atoms with van der Waals surface area (Å²) in [6.45, 7) is 13.0. The zero-order chi connectivity index (χ0) is 10.7. The van der Waals surface area contributed by atoms with Crippen molar-refractivity contribution >= 4 is 0 Å². The van der Waals surface area contributed by atoms with E-state index in [1.165, 1.54) is 0 Å². The number of rotatable bonds is 5. The largest absolute Gasteiger partial charge is 0.392 e. The van der Waals surface area contributed by atoms with Crippen LogP contribution in [0.25, 0.3) is 0 Å². The van der Waals surface area contributed by atoms with E-state index in [1.807, 2.05) is 0 Å². The summed E-state index contributed by atoms with van der Waals surface area (Å²) in [6.07, 6.45) is 2.94. The van der Waals surface area contributed by atoms with Crippen LogP contribution >= 0.6 is 0 Å². The average molecular weight is 186 g/mol. The minimum absolute atomic E-state index is 0.0424. The highest BCUT2D eigenvalue weighted by molar-refractivity contribution is 4.89. The van der Waals surface area contributed by atoms with E-state index >= 15 is 0 Å². The molecule has 80 valence electrons. The molecule has 0 aliphatic carbocycles. The molecule has 0 aliphatic heterocycles. The second-order valence-corrected chi connectivity index (χ2v) is 5.11. The van der Waals surface area contributed by atoms with Crippen molar-refractivity contribution in [2.75, 3.05) is 0 Å². The smallest absolute Gasteiger partial charge is 0.0644 e. The van der Waals surface area contributed by atoms with Crippen molar-refractivity contribution in [3.05, 3.63) is 0 Å². The molecule has 1 atom stereocenters. The van der Waals surface area contributed by atoms with Crippen LogP contribution in [-0.2, 0) is 0 Å². The molecule has 1 unspecified atom stereocenters. The molecule has 0 aromatic heterocycles. The Hall–Kier alpha value is -0.0400. The Bertz CT molecular complexity index is 145. The van der Waals surface area contributed by atoms with E-state index in [-0.39, 0.29) is 16.9 Å². The molecule has 1 N–H and O–H groups in total. The first-order valence-corrected chi connectivity index (χ1v) is 5.52. The van der Waals surface area contributed by atoms with Gasteiger partial charge >= 0.3 is 0 Å². The van der Waals surface area contributed by atoms with E-state index in [4.69, 9.17) is 0 Å². The van der Waals surface area contributed by atoms with Crippen molar-refractivity contribution in [3.63, 3.8) is 0 Å². The van der Waals surface area contributed by atoms with Crippen LogP contribution in [0.4, 0.5) is 0 Å². The lowest BCUT2D eigenvalue weighted by Crippen LogP contribution is -2.42. The Balaban J connectivity index is 4.64. The molecule has 0 saturated heterocycles. The molecular weight excluding hydrogens is 160 g/mol. The molecule has 0 aromatic carbocycles. The van der Waals surface area contributed by atoms with Crippen LogP contribution in [0.2, 0.25) is 0 Å². The van der Waals surface area contributed by atoms with E-state index in [1.54, 1.807) is 0 Å². The third-order valence-electron chi connectivity index (χ3n) is 3.93. The van der Waals surface area contributed by atoms with E-state index in [0.29, 0.717) is 0 Å². The van der Waals surface area contributed by atoms with Crippen molar-refractivity contribution in [2.45, 2.75) is 66.9 Å². The molecular formula is C12H26O. The van der Waals surface area contributed by atoms with Gasteiger partial charge in [0, 0.05) is 0 Å². The van der Waals surface area contributed by atoms with Crippen LogP contribution in [0.3, 0.4) is 0 Å². The van der Waals surface area contributed by atoms with Gasteiger partial charge in [-0.3, -0.25) is 0 Å². The molecule has 1 heteroatoms. The van der Waals surface area contributed by atoms with E-state index in [0.717, 1.165) is 19.3 Å². The molecule has 0 rings (SSSR count). The lowest BCUT2D eigenvalue weighted by molar-refractivity contribution is -0.0555. The molecule has 0 spiro atoms. The first kappa shape index (κ1) is 13.0. The van der Waals surface area contributed by atoms with Crippen molar-refractivity contribution in [2.24, 2.45) is 10.8 Å². The van der Waals surface area contributed by atoms with Gasteiger partial charge in [-0.25, -0.2) is 0 Å². The van der Waals surface area contributed by atoms with Gasteiger partial charge in [-0.05, 0) is 30.1 Å². The minimum Gasteiger partial charge on any atom is -0.392 e. The molecule has 0 aliphatic rings. The van der Waals surface area contributed by atoms with Crippen molar-refractivity contribution in [1.82, 2.24) is 0 Å². The molecule has 0 aromatic rings. The monoisotopic (exact) mass is 186 g/mol. The maximum absolute atomic E-state index is 10.3. The van der Waals surface area contributed by atoms with Crippen LogP contribution in [0.5, 0.6) is 0 Å². The van der Waals surface area contributed by atoms with Crippen LogP contribution in [0.1, 0.15) is 60.8 Å². The first-order chi connectivity index (χ1) is 5.84. The zero-order valence-corrected chi connectivity index (χ0v) is 10.1. The molecule has 0 bridgehead atoms. The fraction of sp³-hybridized carbons (Fsp3) is 1.00. The standard InChI is InChI=1S/C12H26O/c1-7-11(4,5)10(13)12(6,8-2)9-3/h10,13H,7-9H2,1-6H3. The highest BCUT2D eigenvalue weighted by atomic mass is 16.3. The molecule has 0 heterocycles. The Morgan fingerprint density at radius 3 is 1.54 bits per heavy atom. The molecule has 13 heavy (non-hydrogen) atoms. The van der Waals surface area contributed by atoms with Crippen LogP contribution in [0.15, 0.2) is 0 Å². The fourth-order valence-corrected chi connectivity index (χ4v) is 1.77. The maximum Gasteiger partial charge on any atom is 0.0644 e. The second kappa shape index (κ2) is 4.45. The van der Waals surface area contributed by atoms with Crippen molar-refractivity contribution in [1.29, 1.82) is 0 Å². The van der Waals surface area contributed by atoms with Gasteiger partial charge in [0.05, 0.1) is 6.10 Å². The summed E-state index contributed by atoms with van der Waals surface area (Å²) in [5, 5.41) is 10.3. The van der Waals surface area contributed by atoms with Crippen LogP contribution < -0.4 is 0 Å². The van der Waals surface area contributed by atoms with E-state index in [2.05, 4.69) is 41.5 Å². The second-order valence-electron chi connectivity index (χ2n) is 5.11. The van der Waals surface area contributed by atoms with Gasteiger partial charge in [-0.15, -0.1) is 0 Å². The Morgan fingerprint density at radius 1 is 0.923 bits per heavy atom. The first-order valence-electron chi connectivity index (χ1n) is 5.52. The molecule has 0 saturated carbocycles. The third kappa shape index (κ3) is 2.70. The topological polar surface area (TPSA) is 20.2 Å². The Labute approximate surface area is 83.5 Å². The summed E-state index contributed by atoms with van der Waals surface area (Å²) in [5.74, 6) is 0. The predicted octanol–water partition coefficient (Wildman–Crippen LogP) is 3.61. The summed E-state index contributed by atoms with van der Waals surface area (Å²) >= 11 is 0. The summed E-state index contributed by atoms with van der Waals surface area (Å²) in [5.41, 5.74) is 0.125. The van der Waals surface area contributed by atoms with Gasteiger partial charge < -0.3 is 5.11 Å². The molecule has 1 nitrogen and oxygen atoms in total. The molecule has 0 amide bonds. The average Bonchev–Trinajstić information content (AvgIpc) is 2.15. The van der Waals surface area contributed by atoms with Gasteiger partial charge in [0.1, 0.15) is 0 Å². The van der Waals surface area contributed by atoms with Gasteiger partial charge in [-0.1, -0.05) is 41.5 Å². The van der Waals surface area contributed by atoms with Gasteiger partial charge in [0.25, 0.3) is 0 Å². The lowest BCUT2D eigenvalue weighted by Gasteiger charge is -2.42. The summed E-state index contributed by atoms with van der Waals surface area (Å²) in [7, 11) is 0. The summed E-state index contributed by atoms with van der Waals surface area (Å²) in [4.78, 5) is 0. The Kier molecular flexibility index (Phi) is 4.44. The van der Waals surface area contributed by atoms with Crippen molar-refractivity contribution in [3.8, 4) is 0 Å². The highest BCUT2D eigenvalue weighted by Gasteiger charge is 2.38. The number of aliphatic hydroxyl groups excluding tert-OH is 1. The van der Waals surface area contributed by atoms with Gasteiger partial charge in [0.15, 0.2) is 0 Å². The van der Waals surface area contributed by atoms with Gasteiger partial charge in [-0.2, -0.15) is 0 Å². The van der Waals surface area contributed by atoms with Crippen LogP contribution in [-0.4, -0.2) is 11.2 Å². The summed E-state index contributed by atoms with van der Waals surface area (Å²) in [6, 6.07) is 0. The summed E-state index contributed by atoms with van der Waals surface area (Å²) < 4.78 is 0. The maximum atomic E-state index is 10.3. The fourth-order valence-electron chi connectivity index (χ4n) is 1.77. The Morgan fingerprint density at radius 2 is 1.31 bits per heavy atom. The number of aliphatic hydroxyl groups is 1. The van der Waals surface area contributed by atoms with E-state index < -0.39 is 0 Å². The minimum atomic E-state index is -0.194. The van der Waals surface area contributed by atoms with Crippen molar-refractivity contribution < 1.29 is 5.11 Å². The highest BCUT2D eigenvalue weighted by Crippen LogP contribution is 2.40. The zero-order valence-electron chi connectivity index (χ0n) is 10.1. The normalized spacial score (nSPS) is 15.9. The number of hydrogen-bond donors (Lipinski definition) is 1. The number of hydrogen-bond acceptors (Lipinski definition) is 1.